The summed E-state index contributed by atoms with van der Waals surface area (Å²) < 4.78 is 5.23. The number of nitrogens with two attached hydrogens (primary N) is 1. The zero-order valence-corrected chi connectivity index (χ0v) is 21.3. The minimum Gasteiger partial charge on any atom is -0.497 e. The summed E-state index contributed by atoms with van der Waals surface area (Å²) in [6.45, 7) is 4.22. The maximum Gasteiger partial charge on any atom is 0.270 e. The van der Waals surface area contributed by atoms with Crippen molar-refractivity contribution in [1.82, 2.24) is 20.2 Å². The van der Waals surface area contributed by atoms with E-state index in [0.717, 1.165) is 40.7 Å². The summed E-state index contributed by atoms with van der Waals surface area (Å²) in [4.78, 5) is 47.2. The van der Waals surface area contributed by atoms with Crippen molar-refractivity contribution in [2.24, 2.45) is 5.73 Å². The lowest BCUT2D eigenvalue weighted by Crippen LogP contribution is -2.36. The van der Waals surface area contributed by atoms with Gasteiger partial charge >= 0.3 is 0 Å². The number of benzene rings is 2. The third kappa shape index (κ3) is 6.00. The molecule has 1 atom stereocenters. The van der Waals surface area contributed by atoms with E-state index in [9.17, 15) is 14.4 Å². The van der Waals surface area contributed by atoms with Crippen LogP contribution in [0.5, 0.6) is 5.75 Å². The zero-order valence-electron chi connectivity index (χ0n) is 21.3. The van der Waals surface area contributed by atoms with E-state index in [1.54, 1.807) is 20.1 Å². The Morgan fingerprint density at radius 3 is 2.70 bits per heavy atom. The van der Waals surface area contributed by atoms with Gasteiger partial charge in [-0.1, -0.05) is 24.3 Å². The van der Waals surface area contributed by atoms with Crippen molar-refractivity contribution in [3.05, 3.63) is 88.0 Å². The molecule has 37 heavy (non-hydrogen) atoms. The Morgan fingerprint density at radius 2 is 1.97 bits per heavy atom. The molecule has 1 unspecified atom stereocenters. The number of methoxy groups -OCH3 is 1. The van der Waals surface area contributed by atoms with Crippen LogP contribution in [0, 0.1) is 6.92 Å². The molecule has 3 aromatic rings. The standard InChI is InChI=1S/C28H31N5O4/c1-17-22(18(2)34)7-8-24-23(17)9-10-26(24)33(15-27(29)35)14-20-12-25(32-16-31-20)28(36)30-13-19-5-4-6-21(11-19)37-3/h4-8,11-12,16,26H,9-10,13-15H2,1-3H3,(H2,29,35)(H,30,36). The fraction of sp³-hybridized carbons (Fsp3) is 0.321. The molecule has 1 aliphatic rings. The number of carbonyl (C=O) groups is 3. The maximum atomic E-state index is 12.8. The van der Waals surface area contributed by atoms with Crippen LogP contribution < -0.4 is 15.8 Å². The van der Waals surface area contributed by atoms with Crippen LogP contribution in [0.3, 0.4) is 0 Å². The van der Waals surface area contributed by atoms with E-state index in [1.165, 1.54) is 6.33 Å². The molecule has 0 saturated heterocycles. The van der Waals surface area contributed by atoms with Crippen LogP contribution in [0.2, 0.25) is 0 Å². The molecule has 0 spiro atoms. The highest BCUT2D eigenvalue weighted by molar-refractivity contribution is 5.96. The van der Waals surface area contributed by atoms with Crippen LogP contribution >= 0.6 is 0 Å². The summed E-state index contributed by atoms with van der Waals surface area (Å²) >= 11 is 0. The van der Waals surface area contributed by atoms with E-state index in [2.05, 4.69) is 15.3 Å². The number of Topliss-reactive ketones (excluding diaryl/α,β-unsaturated/α-hetero) is 1. The van der Waals surface area contributed by atoms with Gasteiger partial charge in [0, 0.05) is 24.7 Å². The number of ketones is 1. The molecular formula is C28H31N5O4. The van der Waals surface area contributed by atoms with Gasteiger partial charge in [0.1, 0.15) is 17.8 Å². The summed E-state index contributed by atoms with van der Waals surface area (Å²) in [5.74, 6) is -0.0230. The number of primary amides is 1. The van der Waals surface area contributed by atoms with Gasteiger partial charge in [0.05, 0.1) is 19.3 Å². The number of aromatic nitrogens is 2. The van der Waals surface area contributed by atoms with Crippen LogP contribution in [0.25, 0.3) is 0 Å². The lowest BCUT2D eigenvalue weighted by molar-refractivity contribution is -0.119. The highest BCUT2D eigenvalue weighted by Crippen LogP contribution is 2.39. The van der Waals surface area contributed by atoms with Crippen LogP contribution in [0.4, 0.5) is 0 Å². The average molecular weight is 502 g/mol. The second kappa shape index (κ2) is 11.3. The first-order valence-electron chi connectivity index (χ1n) is 12.1. The predicted octanol–water partition coefficient (Wildman–Crippen LogP) is 2.90. The predicted molar refractivity (Wildman–Crippen MR) is 138 cm³/mol. The molecule has 2 amide bonds. The van der Waals surface area contributed by atoms with Crippen molar-refractivity contribution in [1.29, 1.82) is 0 Å². The van der Waals surface area contributed by atoms with Crippen molar-refractivity contribution in [2.75, 3.05) is 13.7 Å². The summed E-state index contributed by atoms with van der Waals surface area (Å²) in [5.41, 5.74) is 11.3. The summed E-state index contributed by atoms with van der Waals surface area (Å²) in [5, 5.41) is 2.87. The van der Waals surface area contributed by atoms with Gasteiger partial charge in [-0.3, -0.25) is 19.3 Å². The average Bonchev–Trinajstić information content (AvgIpc) is 3.32. The summed E-state index contributed by atoms with van der Waals surface area (Å²) in [7, 11) is 1.59. The molecule has 4 rings (SSSR count). The highest BCUT2D eigenvalue weighted by atomic mass is 16.5. The molecule has 192 valence electrons. The molecule has 1 aliphatic carbocycles. The fourth-order valence-electron chi connectivity index (χ4n) is 4.97. The van der Waals surface area contributed by atoms with Crippen LogP contribution in [-0.2, 0) is 24.3 Å². The van der Waals surface area contributed by atoms with Gasteiger partial charge < -0.3 is 15.8 Å². The van der Waals surface area contributed by atoms with Crippen molar-refractivity contribution >= 4 is 17.6 Å². The summed E-state index contributed by atoms with van der Waals surface area (Å²) in [6.07, 6.45) is 2.96. The van der Waals surface area contributed by atoms with Gasteiger partial charge in [0.15, 0.2) is 5.78 Å². The van der Waals surface area contributed by atoms with Gasteiger partial charge in [0.25, 0.3) is 5.91 Å². The van der Waals surface area contributed by atoms with E-state index in [-0.39, 0.29) is 30.0 Å². The van der Waals surface area contributed by atoms with Crippen molar-refractivity contribution in [3.8, 4) is 5.75 Å². The Bertz CT molecular complexity index is 1340. The molecule has 0 aliphatic heterocycles. The lowest BCUT2D eigenvalue weighted by atomic mass is 9.95. The monoisotopic (exact) mass is 501 g/mol. The Morgan fingerprint density at radius 1 is 1.16 bits per heavy atom. The number of hydrogen-bond donors (Lipinski definition) is 2. The van der Waals surface area contributed by atoms with Crippen LogP contribution in [0.1, 0.15) is 68.2 Å². The largest absolute Gasteiger partial charge is 0.497 e. The van der Waals surface area contributed by atoms with Gasteiger partial charge in [-0.05, 0) is 67.1 Å². The Kier molecular flexibility index (Phi) is 7.93. The Balaban J connectivity index is 1.51. The molecule has 0 bridgehead atoms. The number of ether oxygens (including phenoxy) is 1. The quantitative estimate of drug-likeness (QED) is 0.409. The third-order valence-corrected chi connectivity index (χ3v) is 6.75. The molecule has 1 heterocycles. The number of rotatable bonds is 10. The first-order valence-corrected chi connectivity index (χ1v) is 12.1. The third-order valence-electron chi connectivity index (χ3n) is 6.75. The number of nitrogens with one attached hydrogen (secondary N) is 1. The first kappa shape index (κ1) is 26.0. The van der Waals surface area contributed by atoms with E-state index in [1.807, 2.05) is 48.2 Å². The van der Waals surface area contributed by atoms with Gasteiger partial charge in [-0.15, -0.1) is 0 Å². The topological polar surface area (TPSA) is 128 Å². The second-order valence-corrected chi connectivity index (χ2v) is 9.22. The Hall–Kier alpha value is -4.11. The van der Waals surface area contributed by atoms with E-state index >= 15 is 0 Å². The number of carbonyl (C=O) groups excluding carboxylic acids is 3. The molecule has 0 radical (unpaired) electrons. The fourth-order valence-corrected chi connectivity index (χ4v) is 4.97. The Labute approximate surface area is 216 Å². The van der Waals surface area contributed by atoms with E-state index < -0.39 is 5.91 Å². The smallest absolute Gasteiger partial charge is 0.270 e. The number of fused-ring (bicyclic) bond motifs is 1. The van der Waals surface area contributed by atoms with Gasteiger partial charge in [-0.25, -0.2) is 9.97 Å². The summed E-state index contributed by atoms with van der Waals surface area (Å²) in [6, 6.07) is 12.9. The lowest BCUT2D eigenvalue weighted by Gasteiger charge is -2.28. The minimum atomic E-state index is -0.448. The molecule has 1 aromatic heterocycles. The molecule has 9 nitrogen and oxygen atoms in total. The second-order valence-electron chi connectivity index (χ2n) is 9.22. The molecule has 2 aromatic carbocycles. The molecule has 3 N–H and O–H groups in total. The molecular weight excluding hydrogens is 470 g/mol. The SMILES string of the molecule is COc1cccc(CNC(=O)c2cc(CN(CC(N)=O)C3CCc4c3ccc(C(C)=O)c4C)ncn2)c1. The minimum absolute atomic E-state index is 0.0379. The van der Waals surface area contributed by atoms with Crippen molar-refractivity contribution in [3.63, 3.8) is 0 Å². The maximum absolute atomic E-state index is 12.8. The van der Waals surface area contributed by atoms with Gasteiger partial charge in [-0.2, -0.15) is 0 Å². The van der Waals surface area contributed by atoms with Gasteiger partial charge in [0.2, 0.25) is 5.91 Å². The van der Waals surface area contributed by atoms with Crippen molar-refractivity contribution < 1.29 is 19.1 Å². The molecule has 0 fully saturated rings. The van der Waals surface area contributed by atoms with Crippen molar-refractivity contribution in [2.45, 2.75) is 45.8 Å². The number of hydrogen-bond acceptors (Lipinski definition) is 7. The highest BCUT2D eigenvalue weighted by Gasteiger charge is 2.31. The van der Waals surface area contributed by atoms with E-state index in [4.69, 9.17) is 10.5 Å². The number of amides is 2. The number of nitrogens with zero attached hydrogens (tertiary/aromatic N) is 3. The van der Waals surface area contributed by atoms with Crippen LogP contribution in [-0.4, -0.2) is 46.1 Å². The van der Waals surface area contributed by atoms with Crippen LogP contribution in [0.15, 0.2) is 48.8 Å². The molecule has 9 heteroatoms. The van der Waals surface area contributed by atoms with E-state index in [0.29, 0.717) is 24.5 Å². The normalized spacial score (nSPS) is 14.3. The zero-order chi connectivity index (χ0) is 26.5. The molecule has 0 saturated carbocycles. The first-order chi connectivity index (χ1) is 17.8.